The first-order chi connectivity index (χ1) is 6.36. The van der Waals surface area contributed by atoms with Crippen LogP contribution in [0.1, 0.15) is 12.8 Å². The molecule has 0 saturated carbocycles. The van der Waals surface area contributed by atoms with Gasteiger partial charge >= 0.3 is 0 Å². The second-order valence-corrected chi connectivity index (χ2v) is 3.47. The van der Waals surface area contributed by atoms with Gasteiger partial charge in [0, 0.05) is 37.2 Å². The first kappa shape index (κ1) is 8.51. The Labute approximate surface area is 78.6 Å². The third kappa shape index (κ3) is 1.98. The molecule has 2 rings (SSSR count). The van der Waals surface area contributed by atoms with E-state index in [4.69, 9.17) is 5.73 Å². The Morgan fingerprint density at radius 1 is 1.23 bits per heavy atom. The maximum Gasteiger partial charge on any atom is 0.0397 e. The molecule has 0 atom stereocenters. The van der Waals surface area contributed by atoms with E-state index < -0.39 is 0 Å². The molecule has 1 N–H and O–H groups in total. The van der Waals surface area contributed by atoms with Gasteiger partial charge in [0.2, 0.25) is 0 Å². The van der Waals surface area contributed by atoms with Crippen LogP contribution in [0, 0.1) is 0 Å². The molecule has 2 heterocycles. The zero-order valence-corrected chi connectivity index (χ0v) is 7.61. The number of hydrogen-bond acceptors (Lipinski definition) is 2. The van der Waals surface area contributed by atoms with Crippen LogP contribution in [0.5, 0.6) is 0 Å². The fourth-order valence-electron chi connectivity index (χ4n) is 1.69. The van der Waals surface area contributed by atoms with Crippen LogP contribution < -0.4 is 10.6 Å². The van der Waals surface area contributed by atoms with Crippen LogP contribution in [0.25, 0.3) is 0 Å². The minimum absolute atomic E-state index is 0.151. The smallest absolute Gasteiger partial charge is 0.0397 e. The van der Waals surface area contributed by atoms with E-state index in [0.29, 0.717) is 0 Å². The first-order valence-electron chi connectivity index (χ1n) is 4.72. The molecule has 0 unspecified atom stereocenters. The fourth-order valence-corrected chi connectivity index (χ4v) is 1.69. The van der Waals surface area contributed by atoms with Gasteiger partial charge in [0.05, 0.1) is 0 Å². The molecule has 0 amide bonds. The molecule has 3 heteroatoms. The van der Waals surface area contributed by atoms with Gasteiger partial charge < -0.3 is 4.90 Å². The molecule has 1 aliphatic heterocycles. The van der Waals surface area contributed by atoms with E-state index in [1.54, 1.807) is 0 Å². The van der Waals surface area contributed by atoms with Crippen LogP contribution in [-0.4, -0.2) is 24.1 Å². The Hall–Kier alpha value is -1.09. The van der Waals surface area contributed by atoms with Gasteiger partial charge in [0.25, 0.3) is 0 Å². The van der Waals surface area contributed by atoms with Gasteiger partial charge in [-0.15, -0.1) is 0 Å². The number of rotatable bonds is 1. The van der Waals surface area contributed by atoms with Crippen molar-refractivity contribution in [3.63, 3.8) is 0 Å². The summed E-state index contributed by atoms with van der Waals surface area (Å²) < 4.78 is 0. The second kappa shape index (κ2) is 3.75. The second-order valence-electron chi connectivity index (χ2n) is 3.47. The summed E-state index contributed by atoms with van der Waals surface area (Å²) in [7, 11) is 0. The minimum atomic E-state index is 0.151. The Kier molecular flexibility index (Phi) is 2.45. The zero-order valence-electron chi connectivity index (χ0n) is 7.61. The number of nitrogens with zero attached hydrogens (tertiary/aromatic N) is 2. The quantitative estimate of drug-likeness (QED) is 0.647. The molecule has 0 aliphatic carbocycles. The van der Waals surface area contributed by atoms with Gasteiger partial charge in [-0.2, -0.15) is 0 Å². The van der Waals surface area contributed by atoms with Gasteiger partial charge in [-0.3, -0.25) is 10.7 Å². The summed E-state index contributed by atoms with van der Waals surface area (Å²) in [4.78, 5) is 6.32. The van der Waals surface area contributed by atoms with Gasteiger partial charge in [-0.05, 0) is 25.0 Å². The Bertz CT molecular complexity index is 252. The maximum absolute atomic E-state index is 7.59. The fraction of sp³-hybridized carbons (Fsp3) is 0.500. The lowest BCUT2D eigenvalue weighted by Gasteiger charge is -2.31. The highest BCUT2D eigenvalue weighted by molar-refractivity contribution is 5.44. The minimum Gasteiger partial charge on any atom is -0.371 e. The van der Waals surface area contributed by atoms with Crippen molar-refractivity contribution in [1.82, 2.24) is 10.7 Å². The predicted octanol–water partition coefficient (Wildman–Crippen LogP) is 1.33. The van der Waals surface area contributed by atoms with Gasteiger partial charge in [0.1, 0.15) is 0 Å². The molecule has 1 fully saturated rings. The lowest BCUT2D eigenvalue weighted by atomic mass is 10.1. The van der Waals surface area contributed by atoms with E-state index in [-0.39, 0.29) is 6.04 Å². The third-order valence-corrected chi connectivity index (χ3v) is 2.52. The molecule has 1 radical (unpaired) electrons. The van der Waals surface area contributed by atoms with Crippen LogP contribution in [0.3, 0.4) is 0 Å². The van der Waals surface area contributed by atoms with E-state index in [2.05, 4.69) is 9.88 Å². The summed E-state index contributed by atoms with van der Waals surface area (Å²) in [6.07, 6.45) is 5.62. The van der Waals surface area contributed by atoms with Crippen molar-refractivity contribution in [3.8, 4) is 0 Å². The molecule has 0 aromatic carbocycles. The molecule has 0 bridgehead atoms. The Morgan fingerprint density at radius 2 is 1.85 bits per heavy atom. The lowest BCUT2D eigenvalue weighted by Crippen LogP contribution is -2.36. The maximum atomic E-state index is 7.59. The van der Waals surface area contributed by atoms with Gasteiger partial charge in [-0.1, -0.05) is 0 Å². The highest BCUT2D eigenvalue weighted by Crippen LogP contribution is 2.18. The van der Waals surface area contributed by atoms with E-state index >= 15 is 0 Å². The zero-order chi connectivity index (χ0) is 9.10. The average molecular weight is 176 g/mol. The SMILES string of the molecule is [NH]C1CCN(c2ccncc2)CC1. The molecule has 13 heavy (non-hydrogen) atoms. The average Bonchev–Trinajstić information content (AvgIpc) is 2.20. The summed E-state index contributed by atoms with van der Waals surface area (Å²) in [5, 5.41) is 0. The van der Waals surface area contributed by atoms with E-state index in [1.807, 2.05) is 24.5 Å². The first-order valence-corrected chi connectivity index (χ1v) is 4.72. The predicted molar refractivity (Wildman–Crippen MR) is 52.6 cm³/mol. The largest absolute Gasteiger partial charge is 0.371 e. The third-order valence-electron chi connectivity index (χ3n) is 2.52. The molecule has 1 aromatic rings. The standard InChI is InChI=1S/C10H14N3/c11-9-3-7-13(8-4-9)10-1-5-12-6-2-10/h1-2,5-6,9,11H,3-4,7-8H2. The molecule has 1 saturated heterocycles. The van der Waals surface area contributed by atoms with E-state index in [0.717, 1.165) is 25.9 Å². The Morgan fingerprint density at radius 3 is 2.46 bits per heavy atom. The summed E-state index contributed by atoms with van der Waals surface area (Å²) in [6.45, 7) is 2.02. The lowest BCUT2D eigenvalue weighted by molar-refractivity contribution is 0.490. The van der Waals surface area contributed by atoms with Crippen molar-refractivity contribution in [1.29, 1.82) is 0 Å². The van der Waals surface area contributed by atoms with Crippen molar-refractivity contribution in [3.05, 3.63) is 24.5 Å². The topological polar surface area (TPSA) is 39.9 Å². The van der Waals surface area contributed by atoms with Crippen molar-refractivity contribution < 1.29 is 0 Å². The van der Waals surface area contributed by atoms with Crippen LogP contribution in [-0.2, 0) is 0 Å². The Balaban J connectivity index is 2.03. The van der Waals surface area contributed by atoms with Crippen LogP contribution >= 0.6 is 0 Å². The van der Waals surface area contributed by atoms with Crippen molar-refractivity contribution in [2.24, 2.45) is 0 Å². The van der Waals surface area contributed by atoms with E-state index in [9.17, 15) is 0 Å². The highest BCUT2D eigenvalue weighted by atomic mass is 15.1. The van der Waals surface area contributed by atoms with Crippen LogP contribution in [0.4, 0.5) is 5.69 Å². The number of pyridine rings is 1. The summed E-state index contributed by atoms with van der Waals surface area (Å²) >= 11 is 0. The molecule has 1 aliphatic rings. The molecule has 1 aromatic heterocycles. The van der Waals surface area contributed by atoms with Gasteiger partial charge in [-0.25, -0.2) is 0 Å². The van der Waals surface area contributed by atoms with Crippen molar-refractivity contribution in [2.75, 3.05) is 18.0 Å². The monoisotopic (exact) mass is 176 g/mol. The number of anilines is 1. The number of piperidine rings is 1. The summed E-state index contributed by atoms with van der Waals surface area (Å²) in [5.74, 6) is 0. The normalized spacial score (nSPS) is 19.0. The van der Waals surface area contributed by atoms with Crippen LogP contribution in [0.15, 0.2) is 24.5 Å². The number of nitrogens with one attached hydrogen (secondary N) is 1. The highest BCUT2D eigenvalue weighted by Gasteiger charge is 2.16. The molecule has 0 spiro atoms. The molecular weight excluding hydrogens is 162 g/mol. The van der Waals surface area contributed by atoms with Crippen molar-refractivity contribution >= 4 is 5.69 Å². The summed E-state index contributed by atoms with van der Waals surface area (Å²) in [6, 6.07) is 4.22. The number of hydrogen-bond donors (Lipinski definition) is 0. The molecule has 69 valence electrons. The number of aromatic nitrogens is 1. The van der Waals surface area contributed by atoms with Gasteiger partial charge in [0.15, 0.2) is 0 Å². The molecular formula is C10H14N3. The van der Waals surface area contributed by atoms with Crippen molar-refractivity contribution in [2.45, 2.75) is 18.9 Å². The van der Waals surface area contributed by atoms with E-state index in [1.165, 1.54) is 5.69 Å². The van der Waals surface area contributed by atoms with Crippen LogP contribution in [0.2, 0.25) is 0 Å². The summed E-state index contributed by atoms with van der Waals surface area (Å²) in [5.41, 5.74) is 8.82. The molecule has 3 nitrogen and oxygen atoms in total.